The van der Waals surface area contributed by atoms with Crippen LogP contribution in [0, 0.1) is 0 Å². The van der Waals surface area contributed by atoms with Gasteiger partial charge in [-0.25, -0.2) is 0 Å². The fraction of sp³-hybridized carbons (Fsp3) is 0.467. The molecule has 4 amide bonds. The van der Waals surface area contributed by atoms with Crippen molar-refractivity contribution in [3.05, 3.63) is 117 Å². The third-order valence-corrected chi connectivity index (χ3v) is 13.9. The number of ether oxygens (including phenoxy) is 4. The Morgan fingerprint density at radius 3 is 0.914 bits per heavy atom. The number of ketones is 4. The van der Waals surface area contributed by atoms with E-state index in [4.69, 9.17) is 53.3 Å². The summed E-state index contributed by atoms with van der Waals surface area (Å²) < 4.78 is 21.9. The minimum atomic E-state index is -1.02. The zero-order valence-electron chi connectivity index (χ0n) is 47.2. The van der Waals surface area contributed by atoms with Gasteiger partial charge < -0.3 is 69.3 Å². The highest BCUT2D eigenvalue weighted by atomic mass is 16.5. The van der Waals surface area contributed by atoms with Crippen molar-refractivity contribution in [2.24, 2.45) is 34.4 Å². The van der Waals surface area contributed by atoms with Crippen molar-refractivity contribution in [3.63, 3.8) is 0 Å². The van der Waals surface area contributed by atoms with Crippen molar-refractivity contribution < 1.29 is 57.3 Å². The summed E-state index contributed by atoms with van der Waals surface area (Å²) in [5, 5.41) is 8.61. The van der Waals surface area contributed by atoms with Gasteiger partial charge in [0.15, 0.2) is 23.1 Å². The number of amides is 4. The van der Waals surface area contributed by atoms with E-state index in [-0.39, 0.29) is 113 Å². The van der Waals surface area contributed by atoms with E-state index in [2.05, 4.69) is 16.0 Å². The van der Waals surface area contributed by atoms with Crippen LogP contribution in [-0.2, 0) is 44.9 Å². The Balaban J connectivity index is 1.55. The summed E-state index contributed by atoms with van der Waals surface area (Å²) in [5.41, 5.74) is 37.0. The zero-order valence-corrected chi connectivity index (χ0v) is 47.2. The number of rotatable bonds is 39. The molecule has 15 N–H and O–H groups in total. The second-order valence-electron chi connectivity index (χ2n) is 19.9. The maximum absolute atomic E-state index is 14.3. The molecule has 21 nitrogen and oxygen atoms in total. The smallest absolute Gasteiger partial charge is 0.255 e. The van der Waals surface area contributed by atoms with Crippen LogP contribution in [0.3, 0.4) is 0 Å². The molecular formula is C60H83N9O12. The first-order valence-electron chi connectivity index (χ1n) is 27.5. The predicted molar refractivity (Wildman–Crippen MR) is 309 cm³/mol. The van der Waals surface area contributed by atoms with Gasteiger partial charge in [-0.05, 0) is 168 Å². The lowest BCUT2D eigenvalue weighted by Gasteiger charge is -2.21. The second kappa shape index (κ2) is 34.6. The zero-order chi connectivity index (χ0) is 59.4. The molecule has 81 heavy (non-hydrogen) atoms. The number of primary amides is 1. The predicted octanol–water partition coefficient (Wildman–Crippen LogP) is 3.51. The first-order valence-corrected chi connectivity index (χ1v) is 27.5. The van der Waals surface area contributed by atoms with Crippen molar-refractivity contribution in [3.8, 4) is 23.0 Å². The summed E-state index contributed by atoms with van der Waals surface area (Å²) in [4.78, 5) is 110. The van der Waals surface area contributed by atoms with E-state index in [9.17, 15) is 38.4 Å². The number of hydrogen-bond donors (Lipinski definition) is 9. The number of methoxy groups -OCH3 is 4. The molecule has 0 radical (unpaired) electrons. The minimum absolute atomic E-state index is 0.00612. The highest BCUT2D eigenvalue weighted by Gasteiger charge is 2.29. The van der Waals surface area contributed by atoms with E-state index >= 15 is 0 Å². The third-order valence-electron chi connectivity index (χ3n) is 13.9. The van der Waals surface area contributed by atoms with Crippen molar-refractivity contribution in [1.29, 1.82) is 0 Å². The minimum Gasteiger partial charge on any atom is -0.496 e. The van der Waals surface area contributed by atoms with Crippen LogP contribution in [0.1, 0.15) is 141 Å². The van der Waals surface area contributed by atoms with Crippen LogP contribution in [0.25, 0.3) is 0 Å². The Morgan fingerprint density at radius 1 is 0.383 bits per heavy atom. The van der Waals surface area contributed by atoms with Crippen LogP contribution in [0.4, 0.5) is 0 Å². The average Bonchev–Trinajstić information content (AvgIpc) is 3.48. The molecule has 0 aromatic heterocycles. The maximum atomic E-state index is 14.3. The Morgan fingerprint density at radius 2 is 0.642 bits per heavy atom. The topological polar surface area (TPSA) is 366 Å². The standard InChI is InChI=1S/C60H83N9O12/c1-78-53-21-17-37(29-41(53)57(66)74)34-50(71)46(14-6-10-26-62)67-59(76)43-31-39(19-23-55(43)80-3)36-52(73)48(16-8-12-28-64)69-60(77)44-32-40(20-24-56(44)81-4)35-51(72)47(15-7-11-27-63)68-58(75)42-30-38(18-22-54(42)79-2)33-49(70)45(65)13-5-9-25-61/h17-24,29-32,45-48H,5-16,25-28,33-36,61-65H2,1-4H3,(H2,66,74)(H,67,76)(H,68,75)(H,69,77)/t45-,46+,47+,48+/m1/s1. The number of hydrogen-bond acceptors (Lipinski definition) is 17. The monoisotopic (exact) mass is 1120 g/mol. The molecule has 0 aliphatic carbocycles. The molecule has 4 aromatic rings. The van der Waals surface area contributed by atoms with Crippen LogP contribution in [-0.4, -0.2) is 126 Å². The van der Waals surface area contributed by atoms with Crippen LogP contribution < -0.4 is 69.3 Å². The van der Waals surface area contributed by atoms with Crippen LogP contribution in [0.5, 0.6) is 23.0 Å². The van der Waals surface area contributed by atoms with Crippen LogP contribution in [0.15, 0.2) is 72.8 Å². The number of Topliss-reactive ketones (excluding diaryl/α,β-unsaturated/α-hetero) is 4. The van der Waals surface area contributed by atoms with Gasteiger partial charge in [0.1, 0.15) is 23.0 Å². The lowest BCUT2D eigenvalue weighted by Crippen LogP contribution is -2.42. The van der Waals surface area contributed by atoms with E-state index in [1.54, 1.807) is 54.6 Å². The van der Waals surface area contributed by atoms with E-state index in [1.165, 1.54) is 46.6 Å². The quantitative estimate of drug-likeness (QED) is 0.0289. The molecule has 0 bridgehead atoms. The number of unbranched alkanes of at least 4 members (excludes halogenated alkanes) is 4. The number of carbonyl (C=O) groups excluding carboxylic acids is 8. The second-order valence-corrected chi connectivity index (χ2v) is 19.9. The number of carbonyl (C=O) groups is 8. The molecule has 4 aromatic carbocycles. The molecule has 0 heterocycles. The van der Waals surface area contributed by atoms with E-state index in [0.717, 1.165) is 6.42 Å². The summed E-state index contributed by atoms with van der Waals surface area (Å²) in [6, 6.07) is 15.2. The molecule has 0 fully saturated rings. The molecule has 21 heteroatoms. The molecule has 0 spiro atoms. The molecule has 0 saturated carbocycles. The number of nitrogens with one attached hydrogen (secondary N) is 3. The van der Waals surface area contributed by atoms with Crippen molar-refractivity contribution in [2.45, 2.75) is 127 Å². The number of benzene rings is 4. The maximum Gasteiger partial charge on any atom is 0.255 e. The van der Waals surface area contributed by atoms with Gasteiger partial charge in [-0.3, -0.25) is 38.4 Å². The Labute approximate surface area is 474 Å². The van der Waals surface area contributed by atoms with Crippen molar-refractivity contribution in [2.75, 3.05) is 54.6 Å². The summed E-state index contributed by atoms with van der Waals surface area (Å²) in [6.45, 7) is 1.60. The third kappa shape index (κ3) is 20.5. The first-order chi connectivity index (χ1) is 38.9. The molecule has 0 unspecified atom stereocenters. The summed E-state index contributed by atoms with van der Waals surface area (Å²) in [6.07, 6.45) is 5.47. The average molecular weight is 1120 g/mol. The highest BCUT2D eigenvalue weighted by Crippen LogP contribution is 2.26. The van der Waals surface area contributed by atoms with Crippen LogP contribution >= 0.6 is 0 Å². The molecule has 0 saturated heterocycles. The van der Waals surface area contributed by atoms with Gasteiger partial charge in [-0.15, -0.1) is 0 Å². The fourth-order valence-corrected chi connectivity index (χ4v) is 9.29. The van der Waals surface area contributed by atoms with E-state index in [1.807, 2.05) is 0 Å². The summed E-state index contributed by atoms with van der Waals surface area (Å²) in [5.74, 6) is -2.98. The SMILES string of the molecule is COc1ccc(CC(=O)[C@H](CCCCN)NC(=O)c2cc(CC(=O)[C@H](CCCCN)NC(=O)c3cc(CC(=O)[C@H](CCCCN)NC(=O)c4cc(CC(=O)[C@H](N)CCCCN)ccc4OC)ccc3OC)ccc2OC)cc1C(N)=O. The molecule has 0 aliphatic rings. The molecule has 440 valence electrons. The van der Waals surface area contributed by atoms with Gasteiger partial charge in [-0.1, -0.05) is 30.7 Å². The lowest BCUT2D eigenvalue weighted by molar-refractivity contribution is -0.121. The molecule has 4 rings (SSSR count). The highest BCUT2D eigenvalue weighted by molar-refractivity contribution is 6.03. The Bertz CT molecular complexity index is 2790. The van der Waals surface area contributed by atoms with Crippen LogP contribution in [0.2, 0.25) is 0 Å². The number of nitrogens with two attached hydrogens (primary N) is 6. The van der Waals surface area contributed by atoms with Gasteiger partial charge in [-0.2, -0.15) is 0 Å². The largest absolute Gasteiger partial charge is 0.496 e. The van der Waals surface area contributed by atoms with Gasteiger partial charge in [0, 0.05) is 25.7 Å². The lowest BCUT2D eigenvalue weighted by atomic mass is 9.95. The summed E-state index contributed by atoms with van der Waals surface area (Å²) >= 11 is 0. The van der Waals surface area contributed by atoms with Gasteiger partial charge in [0.2, 0.25) is 0 Å². The van der Waals surface area contributed by atoms with Gasteiger partial charge in [0.25, 0.3) is 23.6 Å². The first kappa shape index (κ1) is 66.0. The van der Waals surface area contributed by atoms with Gasteiger partial charge >= 0.3 is 0 Å². The molecule has 4 atom stereocenters. The molecule has 0 aliphatic heterocycles. The van der Waals surface area contributed by atoms with Crippen molar-refractivity contribution >= 4 is 46.8 Å². The van der Waals surface area contributed by atoms with E-state index in [0.29, 0.717) is 99.8 Å². The van der Waals surface area contributed by atoms with Crippen molar-refractivity contribution in [1.82, 2.24) is 16.0 Å². The van der Waals surface area contributed by atoms with Gasteiger partial charge in [0.05, 0.1) is 74.9 Å². The summed E-state index contributed by atoms with van der Waals surface area (Å²) in [7, 11) is 5.59. The Kier molecular flexibility index (Phi) is 28.1. The van der Waals surface area contributed by atoms with E-state index < -0.39 is 47.8 Å². The molecular weight excluding hydrogens is 1040 g/mol. The fourth-order valence-electron chi connectivity index (χ4n) is 9.29. The Hall–Kier alpha value is -7.56. The normalized spacial score (nSPS) is 12.5.